The average Bonchev–Trinajstić information content (AvgIpc) is 3.17. The molecule has 2 aromatic rings. The van der Waals surface area contributed by atoms with E-state index in [4.69, 9.17) is 25.8 Å². The number of nitrogens with zero attached hydrogens (tertiary/aromatic N) is 1. The molecule has 0 aromatic heterocycles. The summed E-state index contributed by atoms with van der Waals surface area (Å²) in [5.74, 6) is 1.44. The van der Waals surface area contributed by atoms with Gasteiger partial charge in [-0.25, -0.2) is 0 Å². The molecule has 1 saturated heterocycles. The van der Waals surface area contributed by atoms with Gasteiger partial charge in [0, 0.05) is 24.7 Å². The van der Waals surface area contributed by atoms with E-state index in [0.717, 1.165) is 12.0 Å². The van der Waals surface area contributed by atoms with Crippen LogP contribution >= 0.6 is 11.6 Å². The van der Waals surface area contributed by atoms with Crippen molar-refractivity contribution in [2.45, 2.75) is 12.8 Å². The first kappa shape index (κ1) is 20.1. The Morgan fingerprint density at radius 1 is 1.23 bits per heavy atom. The van der Waals surface area contributed by atoms with Crippen LogP contribution in [0.4, 0.5) is 11.4 Å². The summed E-state index contributed by atoms with van der Waals surface area (Å²) in [5, 5.41) is 3.19. The van der Waals surface area contributed by atoms with Crippen LogP contribution in [0, 0.1) is 0 Å². The maximum atomic E-state index is 12.3. The highest BCUT2D eigenvalue weighted by molar-refractivity contribution is 6.34. The lowest BCUT2D eigenvalue weighted by Crippen LogP contribution is -2.24. The van der Waals surface area contributed by atoms with Crippen LogP contribution in [0.15, 0.2) is 36.4 Å². The van der Waals surface area contributed by atoms with Gasteiger partial charge in [-0.3, -0.25) is 9.59 Å². The van der Waals surface area contributed by atoms with Crippen LogP contribution in [-0.2, 0) is 9.59 Å². The van der Waals surface area contributed by atoms with E-state index in [-0.39, 0.29) is 11.8 Å². The molecule has 156 valence electrons. The van der Waals surface area contributed by atoms with Crippen LogP contribution in [0.3, 0.4) is 0 Å². The number of nitrogens with one attached hydrogen (secondary N) is 1. The molecule has 30 heavy (non-hydrogen) atoms. The number of halogens is 1. The Morgan fingerprint density at radius 3 is 2.80 bits per heavy atom. The second-order valence-corrected chi connectivity index (χ2v) is 7.29. The van der Waals surface area contributed by atoms with Gasteiger partial charge in [0.2, 0.25) is 17.6 Å². The second kappa shape index (κ2) is 8.67. The molecule has 2 heterocycles. The van der Waals surface area contributed by atoms with Crippen LogP contribution in [0.2, 0.25) is 5.02 Å². The molecule has 0 aliphatic carbocycles. The minimum atomic E-state index is -0.315. The van der Waals surface area contributed by atoms with Gasteiger partial charge in [-0.1, -0.05) is 11.6 Å². The molecule has 0 atom stereocenters. The Hall–Kier alpha value is -3.19. The maximum absolute atomic E-state index is 12.3. The number of rotatable bonds is 5. The van der Waals surface area contributed by atoms with E-state index in [2.05, 4.69) is 5.32 Å². The van der Waals surface area contributed by atoms with Crippen molar-refractivity contribution >= 4 is 40.9 Å². The van der Waals surface area contributed by atoms with Crippen molar-refractivity contribution in [3.05, 3.63) is 47.0 Å². The summed E-state index contributed by atoms with van der Waals surface area (Å²) < 4.78 is 16.5. The SMILES string of the molecule is COc1cc(/C=C/C(=O)Nc2ccc(N3CCCC3=O)c(Cl)c2)cc2c1OCCO2. The fraction of sp³-hybridized carbons (Fsp3) is 0.273. The minimum Gasteiger partial charge on any atom is -0.493 e. The summed E-state index contributed by atoms with van der Waals surface area (Å²) in [6.07, 6.45) is 4.43. The molecule has 2 aliphatic heterocycles. The third-order valence-corrected chi connectivity index (χ3v) is 5.16. The fourth-order valence-corrected chi connectivity index (χ4v) is 3.73. The second-order valence-electron chi connectivity index (χ2n) is 6.89. The molecular formula is C22H21ClN2O5. The van der Waals surface area contributed by atoms with Crippen LogP contribution in [-0.4, -0.2) is 38.7 Å². The van der Waals surface area contributed by atoms with Crippen LogP contribution < -0.4 is 24.4 Å². The highest BCUT2D eigenvalue weighted by atomic mass is 35.5. The van der Waals surface area contributed by atoms with Gasteiger partial charge in [0.1, 0.15) is 13.2 Å². The normalized spacial score (nSPS) is 15.5. The third-order valence-electron chi connectivity index (χ3n) is 4.86. The van der Waals surface area contributed by atoms with Gasteiger partial charge in [0.05, 0.1) is 17.8 Å². The summed E-state index contributed by atoms with van der Waals surface area (Å²) >= 11 is 6.33. The monoisotopic (exact) mass is 428 g/mol. The lowest BCUT2D eigenvalue weighted by molar-refractivity contribution is -0.117. The zero-order valence-corrected chi connectivity index (χ0v) is 17.2. The molecule has 0 spiro atoms. The third kappa shape index (κ3) is 4.21. The number of hydrogen-bond donors (Lipinski definition) is 1. The number of amides is 2. The molecule has 2 aliphatic rings. The van der Waals surface area contributed by atoms with Crippen molar-refractivity contribution in [1.29, 1.82) is 0 Å². The van der Waals surface area contributed by atoms with Gasteiger partial charge >= 0.3 is 0 Å². The summed E-state index contributed by atoms with van der Waals surface area (Å²) in [7, 11) is 1.55. The minimum absolute atomic E-state index is 0.0616. The highest BCUT2D eigenvalue weighted by Gasteiger charge is 2.23. The fourth-order valence-electron chi connectivity index (χ4n) is 3.45. The first-order valence-electron chi connectivity index (χ1n) is 9.62. The summed E-state index contributed by atoms with van der Waals surface area (Å²) in [6, 6.07) is 8.68. The van der Waals surface area contributed by atoms with Gasteiger partial charge in [-0.15, -0.1) is 0 Å². The molecule has 0 radical (unpaired) electrons. The number of hydrogen-bond acceptors (Lipinski definition) is 5. The predicted molar refractivity (Wildman–Crippen MR) is 115 cm³/mol. The maximum Gasteiger partial charge on any atom is 0.248 e. The summed E-state index contributed by atoms with van der Waals surface area (Å²) in [4.78, 5) is 25.9. The van der Waals surface area contributed by atoms with E-state index in [1.54, 1.807) is 48.4 Å². The van der Waals surface area contributed by atoms with E-state index >= 15 is 0 Å². The first-order chi connectivity index (χ1) is 14.5. The quantitative estimate of drug-likeness (QED) is 0.731. The first-order valence-corrected chi connectivity index (χ1v) is 9.99. The molecule has 1 fully saturated rings. The number of carbonyl (C=O) groups excluding carboxylic acids is 2. The van der Waals surface area contributed by atoms with E-state index in [1.165, 1.54) is 6.08 Å². The molecule has 0 unspecified atom stereocenters. The van der Waals surface area contributed by atoms with Gasteiger partial charge < -0.3 is 24.4 Å². The van der Waals surface area contributed by atoms with Crippen molar-refractivity contribution in [2.24, 2.45) is 0 Å². The van der Waals surface area contributed by atoms with E-state index in [9.17, 15) is 9.59 Å². The molecule has 0 saturated carbocycles. The molecular weight excluding hydrogens is 408 g/mol. The lowest BCUT2D eigenvalue weighted by Gasteiger charge is -2.20. The number of carbonyl (C=O) groups is 2. The number of fused-ring (bicyclic) bond motifs is 1. The number of methoxy groups -OCH3 is 1. The van der Waals surface area contributed by atoms with E-state index < -0.39 is 0 Å². The van der Waals surface area contributed by atoms with E-state index in [1.807, 2.05) is 0 Å². The largest absolute Gasteiger partial charge is 0.493 e. The summed E-state index contributed by atoms with van der Waals surface area (Å²) in [6.45, 7) is 1.59. The van der Waals surface area contributed by atoms with Crippen molar-refractivity contribution in [3.63, 3.8) is 0 Å². The average molecular weight is 429 g/mol. The molecule has 2 aromatic carbocycles. The highest BCUT2D eigenvalue weighted by Crippen LogP contribution is 2.40. The number of anilines is 2. The van der Waals surface area contributed by atoms with Crippen LogP contribution in [0.5, 0.6) is 17.2 Å². The standard InChI is InChI=1S/C22H21ClN2O5/c1-28-18-11-14(12-19-22(18)30-10-9-29-19)4-7-20(26)24-15-5-6-17(16(23)13-15)25-8-2-3-21(25)27/h4-7,11-13H,2-3,8-10H2,1H3,(H,24,26)/b7-4+. The Bertz CT molecular complexity index is 1000. The summed E-state index contributed by atoms with van der Waals surface area (Å²) in [5.41, 5.74) is 1.95. The number of ether oxygens (including phenoxy) is 3. The van der Waals surface area contributed by atoms with Gasteiger partial charge in [0.25, 0.3) is 0 Å². The topological polar surface area (TPSA) is 77.1 Å². The van der Waals surface area contributed by atoms with E-state index in [0.29, 0.717) is 59.8 Å². The van der Waals surface area contributed by atoms with Gasteiger partial charge in [-0.2, -0.15) is 0 Å². The molecule has 1 N–H and O–H groups in total. The van der Waals surface area contributed by atoms with Gasteiger partial charge in [-0.05, 0) is 48.4 Å². The molecule has 4 rings (SSSR count). The zero-order chi connectivity index (χ0) is 21.1. The Morgan fingerprint density at radius 2 is 2.07 bits per heavy atom. The van der Waals surface area contributed by atoms with Crippen molar-refractivity contribution in [2.75, 3.05) is 37.1 Å². The van der Waals surface area contributed by atoms with Crippen molar-refractivity contribution < 1.29 is 23.8 Å². The Balaban J connectivity index is 1.45. The molecule has 7 nitrogen and oxygen atoms in total. The van der Waals surface area contributed by atoms with Crippen molar-refractivity contribution in [3.8, 4) is 17.2 Å². The lowest BCUT2D eigenvalue weighted by atomic mass is 10.1. The Labute approximate surface area is 179 Å². The predicted octanol–water partition coefficient (Wildman–Crippen LogP) is 3.90. The van der Waals surface area contributed by atoms with Gasteiger partial charge in [0.15, 0.2) is 11.5 Å². The molecule has 2 amide bonds. The smallest absolute Gasteiger partial charge is 0.248 e. The molecule has 8 heteroatoms. The van der Waals surface area contributed by atoms with Crippen molar-refractivity contribution in [1.82, 2.24) is 0 Å². The molecule has 0 bridgehead atoms. The Kier molecular flexibility index (Phi) is 5.81. The zero-order valence-electron chi connectivity index (χ0n) is 16.4. The van der Waals surface area contributed by atoms with Crippen LogP contribution in [0.25, 0.3) is 6.08 Å². The number of benzene rings is 2. The van der Waals surface area contributed by atoms with Crippen LogP contribution in [0.1, 0.15) is 18.4 Å².